The van der Waals surface area contributed by atoms with E-state index in [1.807, 2.05) is 25.8 Å². The Bertz CT molecular complexity index is 723. The average molecular weight is 470 g/mol. The monoisotopic (exact) mass is 469 g/mol. The molecule has 0 radical (unpaired) electrons. The summed E-state index contributed by atoms with van der Waals surface area (Å²) in [4.78, 5) is 52.3. The van der Waals surface area contributed by atoms with Crippen LogP contribution in [-0.2, 0) is 19.1 Å². The third kappa shape index (κ3) is 7.68. The van der Waals surface area contributed by atoms with Gasteiger partial charge in [0.25, 0.3) is 0 Å². The zero-order chi connectivity index (χ0) is 23.7. The number of ether oxygens (including phenoxy) is 1. The van der Waals surface area contributed by atoms with Crippen LogP contribution in [0.2, 0.25) is 0 Å². The van der Waals surface area contributed by atoms with Crippen LogP contribution in [0, 0.1) is 11.8 Å². The number of thioether (sulfide) groups is 1. The summed E-state index contributed by atoms with van der Waals surface area (Å²) in [6.07, 6.45) is 4.08. The van der Waals surface area contributed by atoms with E-state index < -0.39 is 35.8 Å². The molecule has 2 aliphatic rings. The number of methoxy groups -OCH3 is 1. The van der Waals surface area contributed by atoms with E-state index in [0.717, 1.165) is 44.4 Å². The lowest BCUT2D eigenvalue weighted by Crippen LogP contribution is -2.56. The number of nitrogens with one attached hydrogen (secondary N) is 3. The molecule has 1 saturated carbocycles. The SMILES string of the molecule is COC(=O)N[C@@H](CC(C)C)C(=O)NC(C(=O)C(=O)N/N=C1\SCCN1C)C1CCCCC1. The molecule has 0 aromatic heterocycles. The molecular weight excluding hydrogens is 434 g/mol. The van der Waals surface area contributed by atoms with Gasteiger partial charge in [0.05, 0.1) is 7.11 Å². The van der Waals surface area contributed by atoms with Gasteiger partial charge in [0.2, 0.25) is 11.7 Å². The first-order valence-electron chi connectivity index (χ1n) is 11.1. The van der Waals surface area contributed by atoms with Crippen molar-refractivity contribution in [3.8, 4) is 0 Å². The van der Waals surface area contributed by atoms with Gasteiger partial charge in [-0.3, -0.25) is 14.4 Å². The molecule has 32 heavy (non-hydrogen) atoms. The van der Waals surface area contributed by atoms with Crippen molar-refractivity contribution < 1.29 is 23.9 Å². The van der Waals surface area contributed by atoms with Gasteiger partial charge in [-0.2, -0.15) is 0 Å². The van der Waals surface area contributed by atoms with Gasteiger partial charge in [-0.25, -0.2) is 10.2 Å². The Hall–Kier alpha value is -2.30. The second-order valence-electron chi connectivity index (χ2n) is 8.67. The Morgan fingerprint density at radius 1 is 1.16 bits per heavy atom. The number of hydrazone groups is 1. The van der Waals surface area contributed by atoms with Gasteiger partial charge in [-0.05, 0) is 31.1 Å². The maximum atomic E-state index is 13.1. The van der Waals surface area contributed by atoms with Crippen molar-refractivity contribution in [2.24, 2.45) is 16.9 Å². The molecule has 1 aliphatic heterocycles. The van der Waals surface area contributed by atoms with Crippen molar-refractivity contribution in [1.82, 2.24) is 21.0 Å². The molecule has 3 amide bonds. The molecule has 3 N–H and O–H groups in total. The van der Waals surface area contributed by atoms with E-state index in [1.165, 1.54) is 18.9 Å². The number of carbonyl (C=O) groups is 4. The number of carbonyl (C=O) groups excluding carboxylic acids is 4. The van der Waals surface area contributed by atoms with Crippen LogP contribution >= 0.6 is 11.8 Å². The molecule has 0 aromatic rings. The Labute approximate surface area is 193 Å². The highest BCUT2D eigenvalue weighted by Gasteiger charge is 2.36. The second kappa shape index (κ2) is 12.7. The lowest BCUT2D eigenvalue weighted by Gasteiger charge is -2.31. The maximum absolute atomic E-state index is 13.1. The molecule has 2 rings (SSSR count). The molecule has 0 aromatic carbocycles. The molecule has 1 aliphatic carbocycles. The molecule has 0 bridgehead atoms. The van der Waals surface area contributed by atoms with Crippen molar-refractivity contribution in [2.45, 2.75) is 64.5 Å². The van der Waals surface area contributed by atoms with E-state index in [1.54, 1.807) is 0 Å². The number of hydrogen-bond acceptors (Lipinski definition) is 7. The molecule has 1 saturated heterocycles. The summed E-state index contributed by atoms with van der Waals surface area (Å²) in [5.41, 5.74) is 2.35. The van der Waals surface area contributed by atoms with Gasteiger partial charge in [-0.15, -0.1) is 5.10 Å². The lowest BCUT2D eigenvalue weighted by molar-refractivity contribution is -0.141. The smallest absolute Gasteiger partial charge is 0.407 e. The highest BCUT2D eigenvalue weighted by molar-refractivity contribution is 8.14. The minimum absolute atomic E-state index is 0.117. The van der Waals surface area contributed by atoms with Crippen LogP contribution in [0.4, 0.5) is 4.79 Å². The minimum Gasteiger partial charge on any atom is -0.453 e. The maximum Gasteiger partial charge on any atom is 0.407 e. The number of ketones is 1. The van der Waals surface area contributed by atoms with Gasteiger partial charge in [0, 0.05) is 19.3 Å². The topological polar surface area (TPSA) is 129 Å². The van der Waals surface area contributed by atoms with Crippen molar-refractivity contribution >= 4 is 40.6 Å². The fourth-order valence-electron chi connectivity index (χ4n) is 3.92. The fourth-order valence-corrected chi connectivity index (χ4v) is 4.88. The number of nitrogens with zero attached hydrogens (tertiary/aromatic N) is 2. The van der Waals surface area contributed by atoms with Crippen molar-refractivity contribution in [3.63, 3.8) is 0 Å². The molecule has 0 spiro atoms. The summed E-state index contributed by atoms with van der Waals surface area (Å²) in [6.45, 7) is 4.67. The van der Waals surface area contributed by atoms with Crippen molar-refractivity contribution in [1.29, 1.82) is 0 Å². The van der Waals surface area contributed by atoms with E-state index in [0.29, 0.717) is 11.6 Å². The fraction of sp³-hybridized carbons (Fsp3) is 0.762. The largest absolute Gasteiger partial charge is 0.453 e. The minimum atomic E-state index is -0.967. The number of hydrogen-bond donors (Lipinski definition) is 3. The molecule has 1 unspecified atom stereocenters. The van der Waals surface area contributed by atoms with Gasteiger partial charge in [-0.1, -0.05) is 44.9 Å². The highest BCUT2D eigenvalue weighted by Crippen LogP contribution is 2.27. The van der Waals surface area contributed by atoms with E-state index in [4.69, 9.17) is 0 Å². The first-order chi connectivity index (χ1) is 15.2. The van der Waals surface area contributed by atoms with Crippen LogP contribution < -0.4 is 16.1 Å². The third-order valence-electron chi connectivity index (χ3n) is 5.66. The van der Waals surface area contributed by atoms with Crippen LogP contribution in [0.15, 0.2) is 5.10 Å². The summed E-state index contributed by atoms with van der Waals surface area (Å²) in [5.74, 6) is -1.23. The van der Waals surface area contributed by atoms with Gasteiger partial charge in [0.15, 0.2) is 5.17 Å². The molecule has 10 nitrogen and oxygen atoms in total. The van der Waals surface area contributed by atoms with Crippen molar-refractivity contribution in [2.75, 3.05) is 26.5 Å². The van der Waals surface area contributed by atoms with E-state index in [-0.39, 0.29) is 11.8 Å². The molecular formula is C21H35N5O5S. The first-order valence-corrected chi connectivity index (χ1v) is 12.1. The number of alkyl carbamates (subject to hydrolysis) is 1. The zero-order valence-electron chi connectivity index (χ0n) is 19.3. The quantitative estimate of drug-likeness (QED) is 0.344. The van der Waals surface area contributed by atoms with Gasteiger partial charge in [0.1, 0.15) is 12.1 Å². The standard InChI is InChI=1S/C21H35N5O5S/c1-13(2)12-15(22-21(30)31-4)18(28)23-16(14-8-6-5-7-9-14)17(27)19(29)24-25-20-26(3)10-11-32-20/h13-16H,5-12H2,1-4H3,(H,22,30)(H,23,28)(H,24,29)/b25-20-/t15-,16?/m0/s1. The molecule has 11 heteroatoms. The number of amidine groups is 1. The first kappa shape index (κ1) is 26.0. The van der Waals surface area contributed by atoms with Crippen LogP contribution in [-0.4, -0.2) is 72.3 Å². The summed E-state index contributed by atoms with van der Waals surface area (Å²) in [5, 5.41) is 9.98. The zero-order valence-corrected chi connectivity index (χ0v) is 20.1. The number of rotatable bonds is 9. The lowest BCUT2D eigenvalue weighted by atomic mass is 9.82. The molecule has 180 valence electrons. The van der Waals surface area contributed by atoms with E-state index >= 15 is 0 Å². The summed E-state index contributed by atoms with van der Waals surface area (Å²) >= 11 is 1.50. The van der Waals surface area contributed by atoms with Crippen LogP contribution in [0.25, 0.3) is 0 Å². The normalized spacial score (nSPS) is 20.0. The predicted molar refractivity (Wildman–Crippen MR) is 123 cm³/mol. The van der Waals surface area contributed by atoms with E-state index in [2.05, 4.69) is 25.9 Å². The van der Waals surface area contributed by atoms with Crippen LogP contribution in [0.1, 0.15) is 52.4 Å². The Kier molecular flexibility index (Phi) is 10.3. The molecule has 1 heterocycles. The van der Waals surface area contributed by atoms with E-state index in [9.17, 15) is 19.2 Å². The molecule has 2 fully saturated rings. The van der Waals surface area contributed by atoms with Gasteiger partial charge < -0.3 is 20.3 Å². The van der Waals surface area contributed by atoms with Crippen LogP contribution in [0.3, 0.4) is 0 Å². The molecule has 2 atom stereocenters. The van der Waals surface area contributed by atoms with Gasteiger partial charge >= 0.3 is 12.0 Å². The highest BCUT2D eigenvalue weighted by atomic mass is 32.2. The predicted octanol–water partition coefficient (Wildman–Crippen LogP) is 1.46. The Balaban J connectivity index is 2.14. The average Bonchev–Trinajstić information content (AvgIpc) is 3.19. The number of Topliss-reactive ketones (excluding diaryl/α,β-unsaturated/α-hetero) is 1. The summed E-state index contributed by atoms with van der Waals surface area (Å²) < 4.78 is 4.63. The van der Waals surface area contributed by atoms with Crippen molar-refractivity contribution in [3.05, 3.63) is 0 Å². The Morgan fingerprint density at radius 3 is 2.41 bits per heavy atom. The second-order valence-corrected chi connectivity index (χ2v) is 9.73. The summed E-state index contributed by atoms with van der Waals surface area (Å²) in [6, 6.07) is -1.83. The van der Waals surface area contributed by atoms with Crippen LogP contribution in [0.5, 0.6) is 0 Å². The summed E-state index contributed by atoms with van der Waals surface area (Å²) in [7, 11) is 3.08. The Morgan fingerprint density at radius 2 is 1.84 bits per heavy atom. The number of amides is 3. The third-order valence-corrected chi connectivity index (χ3v) is 6.71.